The third-order valence-electron chi connectivity index (χ3n) is 3.57. The largest absolute Gasteiger partial charge is 0.351 e. The van der Waals surface area contributed by atoms with E-state index in [1.54, 1.807) is 18.2 Å². The Morgan fingerprint density at radius 3 is 2.79 bits per heavy atom. The summed E-state index contributed by atoms with van der Waals surface area (Å²) in [5.41, 5.74) is 2.40. The Morgan fingerprint density at radius 2 is 2.04 bits per heavy atom. The Hall–Kier alpha value is -2.30. The Morgan fingerprint density at radius 1 is 1.25 bits per heavy atom. The van der Waals surface area contributed by atoms with Gasteiger partial charge < -0.3 is 9.88 Å². The maximum absolute atomic E-state index is 12.2. The van der Waals surface area contributed by atoms with Crippen LogP contribution in [0.5, 0.6) is 0 Å². The highest BCUT2D eigenvalue weighted by Gasteiger charge is 2.17. The lowest BCUT2D eigenvalue weighted by molar-refractivity contribution is -0.121. The second-order valence-corrected chi connectivity index (χ2v) is 6.07. The lowest BCUT2D eigenvalue weighted by atomic mass is 10.2. The number of rotatable bonds is 5. The minimum atomic E-state index is -0.121. The summed E-state index contributed by atoms with van der Waals surface area (Å²) < 4.78 is 1.85. The van der Waals surface area contributed by atoms with E-state index >= 15 is 0 Å². The van der Waals surface area contributed by atoms with Crippen LogP contribution >= 0.6 is 23.2 Å². The van der Waals surface area contributed by atoms with Crippen LogP contribution in [0, 0.1) is 0 Å². The molecular formula is C18H15Cl2N3O. The first kappa shape index (κ1) is 16.6. The fourth-order valence-electron chi connectivity index (χ4n) is 2.50. The van der Waals surface area contributed by atoms with Crippen molar-refractivity contribution in [3.63, 3.8) is 0 Å². The molecule has 0 bridgehead atoms. The van der Waals surface area contributed by atoms with Crippen LogP contribution in [-0.2, 0) is 11.3 Å². The Labute approximate surface area is 149 Å². The normalized spacial score (nSPS) is 10.8. The van der Waals surface area contributed by atoms with E-state index in [4.69, 9.17) is 23.2 Å². The number of para-hydroxylation sites is 2. The van der Waals surface area contributed by atoms with Gasteiger partial charge in [0, 0.05) is 17.1 Å². The van der Waals surface area contributed by atoms with Crippen LogP contribution in [0.3, 0.4) is 0 Å². The highest BCUT2D eigenvalue weighted by Crippen LogP contribution is 2.32. The van der Waals surface area contributed by atoms with Crippen LogP contribution in [-0.4, -0.2) is 22.0 Å². The molecule has 0 spiro atoms. The standard InChI is InChI=1S/C18H15Cl2N3O/c1-2-9-21-17(24)11-23-16-6-4-3-5-15(16)22-18(23)13-8-7-12(19)10-14(13)20/h2-8,10H,1,9,11H2,(H,21,24). The minimum absolute atomic E-state index is 0.121. The summed E-state index contributed by atoms with van der Waals surface area (Å²) in [5.74, 6) is 0.510. The average Bonchev–Trinajstić information content (AvgIpc) is 2.91. The van der Waals surface area contributed by atoms with Crippen molar-refractivity contribution < 1.29 is 4.79 Å². The summed E-state index contributed by atoms with van der Waals surface area (Å²) in [6, 6.07) is 12.9. The summed E-state index contributed by atoms with van der Waals surface area (Å²) in [6.07, 6.45) is 1.64. The van der Waals surface area contributed by atoms with Gasteiger partial charge in [-0.1, -0.05) is 41.4 Å². The SMILES string of the molecule is C=CCNC(=O)Cn1c(-c2ccc(Cl)cc2Cl)nc2ccccc21. The predicted octanol–water partition coefficient (Wildman–Crippen LogP) is 4.31. The number of hydrogen-bond acceptors (Lipinski definition) is 2. The lowest BCUT2D eigenvalue weighted by Crippen LogP contribution is -2.27. The van der Waals surface area contributed by atoms with Crippen LogP contribution in [0.4, 0.5) is 0 Å². The second-order valence-electron chi connectivity index (χ2n) is 5.23. The summed E-state index contributed by atoms with van der Waals surface area (Å²) in [6.45, 7) is 4.16. The molecule has 24 heavy (non-hydrogen) atoms. The molecule has 122 valence electrons. The number of benzene rings is 2. The molecule has 3 aromatic rings. The van der Waals surface area contributed by atoms with Crippen LogP contribution in [0.25, 0.3) is 22.4 Å². The third kappa shape index (κ3) is 3.30. The molecule has 1 amide bonds. The molecule has 0 fully saturated rings. The van der Waals surface area contributed by atoms with Gasteiger partial charge in [-0.05, 0) is 30.3 Å². The highest BCUT2D eigenvalue weighted by atomic mass is 35.5. The van der Waals surface area contributed by atoms with Gasteiger partial charge in [0.15, 0.2) is 0 Å². The number of carbonyl (C=O) groups is 1. The minimum Gasteiger partial charge on any atom is -0.351 e. The van der Waals surface area contributed by atoms with Gasteiger partial charge >= 0.3 is 0 Å². The van der Waals surface area contributed by atoms with Crippen molar-refractivity contribution in [3.05, 3.63) is 65.2 Å². The van der Waals surface area contributed by atoms with Crippen LogP contribution in [0.2, 0.25) is 10.0 Å². The molecule has 6 heteroatoms. The molecule has 4 nitrogen and oxygen atoms in total. The van der Waals surface area contributed by atoms with Gasteiger partial charge in [-0.25, -0.2) is 4.98 Å². The maximum Gasteiger partial charge on any atom is 0.240 e. The molecule has 1 heterocycles. The van der Waals surface area contributed by atoms with Gasteiger partial charge in [-0.3, -0.25) is 4.79 Å². The Bertz CT molecular complexity index is 918. The van der Waals surface area contributed by atoms with Crippen LogP contribution in [0.15, 0.2) is 55.1 Å². The third-order valence-corrected chi connectivity index (χ3v) is 4.12. The number of halogens is 2. The lowest BCUT2D eigenvalue weighted by Gasteiger charge is -2.10. The molecule has 1 aromatic heterocycles. The van der Waals surface area contributed by atoms with Crippen molar-refractivity contribution in [3.8, 4) is 11.4 Å². The van der Waals surface area contributed by atoms with Gasteiger partial charge in [-0.15, -0.1) is 6.58 Å². The van der Waals surface area contributed by atoms with E-state index in [1.165, 1.54) is 0 Å². The summed E-state index contributed by atoms with van der Waals surface area (Å²) in [4.78, 5) is 16.8. The van der Waals surface area contributed by atoms with Crippen molar-refractivity contribution in [1.29, 1.82) is 0 Å². The molecule has 0 saturated carbocycles. The molecule has 0 saturated heterocycles. The van der Waals surface area contributed by atoms with E-state index in [2.05, 4.69) is 16.9 Å². The number of fused-ring (bicyclic) bond motifs is 1. The number of hydrogen-bond donors (Lipinski definition) is 1. The van der Waals surface area contributed by atoms with Crippen LogP contribution < -0.4 is 5.32 Å². The van der Waals surface area contributed by atoms with Crippen molar-refractivity contribution in [2.45, 2.75) is 6.54 Å². The summed E-state index contributed by atoms with van der Waals surface area (Å²) in [7, 11) is 0. The summed E-state index contributed by atoms with van der Waals surface area (Å²) in [5, 5.41) is 3.82. The molecule has 0 atom stereocenters. The van der Waals surface area contributed by atoms with E-state index in [0.717, 1.165) is 16.6 Å². The fourth-order valence-corrected chi connectivity index (χ4v) is 2.99. The molecule has 0 unspecified atom stereocenters. The smallest absolute Gasteiger partial charge is 0.240 e. The van der Waals surface area contributed by atoms with E-state index in [9.17, 15) is 4.79 Å². The molecule has 0 aliphatic carbocycles. The van der Waals surface area contributed by atoms with Gasteiger partial charge in [0.05, 0.1) is 16.1 Å². The van der Waals surface area contributed by atoms with Crippen LogP contribution in [0.1, 0.15) is 0 Å². The molecule has 1 N–H and O–H groups in total. The van der Waals surface area contributed by atoms with E-state index in [-0.39, 0.29) is 12.5 Å². The number of aromatic nitrogens is 2. The van der Waals surface area contributed by atoms with Gasteiger partial charge in [0.25, 0.3) is 0 Å². The predicted molar refractivity (Wildman–Crippen MR) is 98.4 cm³/mol. The zero-order valence-corrected chi connectivity index (χ0v) is 14.3. The van der Waals surface area contributed by atoms with Gasteiger partial charge in [0.1, 0.15) is 12.4 Å². The number of nitrogens with zero attached hydrogens (tertiary/aromatic N) is 2. The Balaban J connectivity index is 2.11. The van der Waals surface area contributed by atoms with Crippen molar-refractivity contribution in [2.24, 2.45) is 0 Å². The molecule has 0 aliphatic heterocycles. The molecule has 0 aliphatic rings. The zero-order valence-electron chi connectivity index (χ0n) is 12.8. The van der Waals surface area contributed by atoms with E-state index in [0.29, 0.717) is 22.4 Å². The number of imidazole rings is 1. The quantitative estimate of drug-likeness (QED) is 0.689. The topological polar surface area (TPSA) is 46.9 Å². The number of nitrogens with one attached hydrogen (secondary N) is 1. The fraction of sp³-hybridized carbons (Fsp3) is 0.111. The van der Waals surface area contributed by atoms with Crippen molar-refractivity contribution >= 4 is 40.1 Å². The highest BCUT2D eigenvalue weighted by molar-refractivity contribution is 6.36. The Kier molecular flexibility index (Phi) is 4.88. The number of carbonyl (C=O) groups excluding carboxylic acids is 1. The molecule has 2 aromatic carbocycles. The first-order valence-corrected chi connectivity index (χ1v) is 8.14. The monoisotopic (exact) mass is 359 g/mol. The first-order chi connectivity index (χ1) is 11.6. The zero-order chi connectivity index (χ0) is 17.1. The average molecular weight is 360 g/mol. The van der Waals surface area contributed by atoms with E-state index < -0.39 is 0 Å². The van der Waals surface area contributed by atoms with Gasteiger partial charge in [-0.2, -0.15) is 0 Å². The first-order valence-electron chi connectivity index (χ1n) is 7.38. The molecular weight excluding hydrogens is 345 g/mol. The number of amides is 1. The summed E-state index contributed by atoms with van der Waals surface area (Å²) >= 11 is 12.3. The van der Waals surface area contributed by atoms with E-state index in [1.807, 2.05) is 34.9 Å². The van der Waals surface area contributed by atoms with Gasteiger partial charge in [0.2, 0.25) is 5.91 Å². The molecule has 0 radical (unpaired) electrons. The molecule has 3 rings (SSSR count). The second kappa shape index (κ2) is 7.07. The maximum atomic E-state index is 12.2. The van der Waals surface area contributed by atoms with Crippen molar-refractivity contribution in [1.82, 2.24) is 14.9 Å². The van der Waals surface area contributed by atoms with Crippen molar-refractivity contribution in [2.75, 3.05) is 6.54 Å².